The van der Waals surface area contributed by atoms with E-state index in [9.17, 15) is 9.90 Å². The summed E-state index contributed by atoms with van der Waals surface area (Å²) in [6, 6.07) is 0.595. The van der Waals surface area contributed by atoms with Crippen molar-refractivity contribution in [3.8, 4) is 0 Å². The minimum atomic E-state index is 0.136. The molecule has 0 bridgehead atoms. The zero-order valence-electron chi connectivity index (χ0n) is 10.5. The van der Waals surface area contributed by atoms with Crippen molar-refractivity contribution in [2.75, 3.05) is 19.7 Å². The van der Waals surface area contributed by atoms with Crippen molar-refractivity contribution in [3.63, 3.8) is 0 Å². The molecule has 0 aromatic rings. The van der Waals surface area contributed by atoms with Crippen LogP contribution in [0.3, 0.4) is 0 Å². The molecule has 2 rings (SSSR count). The van der Waals surface area contributed by atoms with Crippen molar-refractivity contribution < 1.29 is 9.90 Å². The van der Waals surface area contributed by atoms with Gasteiger partial charge in [-0.25, -0.2) is 0 Å². The summed E-state index contributed by atoms with van der Waals surface area (Å²) < 4.78 is 0. The van der Waals surface area contributed by atoms with Gasteiger partial charge in [0.15, 0.2) is 0 Å². The smallest absolute Gasteiger partial charge is 0.234 e. The summed E-state index contributed by atoms with van der Waals surface area (Å²) in [7, 11) is 0. The Morgan fingerprint density at radius 2 is 1.88 bits per heavy atom. The van der Waals surface area contributed by atoms with E-state index in [1.165, 1.54) is 19.3 Å². The Labute approximate surface area is 103 Å². The van der Waals surface area contributed by atoms with E-state index < -0.39 is 0 Å². The summed E-state index contributed by atoms with van der Waals surface area (Å²) in [6.45, 7) is 1.59. The number of nitrogens with zero attached hydrogens (tertiary/aromatic N) is 1. The quantitative estimate of drug-likeness (QED) is 0.767. The SMILES string of the molecule is O=C(CN1CCCC[C@@H]1CO)NC1CCCC1. The van der Waals surface area contributed by atoms with Crippen LogP contribution in [-0.2, 0) is 4.79 Å². The Hall–Kier alpha value is -0.610. The third-order valence-electron chi connectivity index (χ3n) is 4.03. The van der Waals surface area contributed by atoms with Gasteiger partial charge in [0.2, 0.25) is 5.91 Å². The lowest BCUT2D eigenvalue weighted by atomic mass is 10.0. The number of hydrogen-bond donors (Lipinski definition) is 2. The van der Waals surface area contributed by atoms with Crippen LogP contribution in [0, 0.1) is 0 Å². The van der Waals surface area contributed by atoms with Crippen LogP contribution in [0.2, 0.25) is 0 Å². The molecule has 17 heavy (non-hydrogen) atoms. The first-order valence-electron chi connectivity index (χ1n) is 6.94. The van der Waals surface area contributed by atoms with Crippen LogP contribution in [0.4, 0.5) is 0 Å². The highest BCUT2D eigenvalue weighted by atomic mass is 16.3. The number of piperidine rings is 1. The van der Waals surface area contributed by atoms with Gasteiger partial charge in [0.25, 0.3) is 0 Å². The van der Waals surface area contributed by atoms with Crippen molar-refractivity contribution in [1.29, 1.82) is 0 Å². The van der Waals surface area contributed by atoms with Crippen LogP contribution < -0.4 is 5.32 Å². The zero-order valence-corrected chi connectivity index (χ0v) is 10.5. The number of rotatable bonds is 4. The Morgan fingerprint density at radius 1 is 1.18 bits per heavy atom. The molecule has 1 aliphatic carbocycles. The van der Waals surface area contributed by atoms with Crippen LogP contribution in [0.15, 0.2) is 0 Å². The van der Waals surface area contributed by atoms with E-state index in [1.807, 2.05) is 0 Å². The first-order chi connectivity index (χ1) is 8.29. The predicted octanol–water partition coefficient (Wildman–Crippen LogP) is 0.892. The molecule has 4 heteroatoms. The summed E-state index contributed by atoms with van der Waals surface area (Å²) in [6.07, 6.45) is 8.10. The van der Waals surface area contributed by atoms with Gasteiger partial charge in [-0.05, 0) is 32.2 Å². The summed E-state index contributed by atoms with van der Waals surface area (Å²) in [5, 5.41) is 12.4. The summed E-state index contributed by atoms with van der Waals surface area (Å²) in [5.41, 5.74) is 0. The van der Waals surface area contributed by atoms with E-state index in [4.69, 9.17) is 0 Å². The highest BCUT2D eigenvalue weighted by molar-refractivity contribution is 5.78. The van der Waals surface area contributed by atoms with Crippen molar-refractivity contribution in [1.82, 2.24) is 10.2 Å². The minimum absolute atomic E-state index is 0.136. The van der Waals surface area contributed by atoms with Crippen LogP contribution in [0.1, 0.15) is 44.9 Å². The number of hydrogen-bond acceptors (Lipinski definition) is 3. The van der Waals surface area contributed by atoms with Crippen molar-refractivity contribution in [2.45, 2.75) is 57.0 Å². The number of likely N-dealkylation sites (tertiary alicyclic amines) is 1. The first kappa shape index (κ1) is 12.8. The topological polar surface area (TPSA) is 52.6 Å². The average molecular weight is 240 g/mol. The van der Waals surface area contributed by atoms with E-state index in [-0.39, 0.29) is 18.6 Å². The number of amides is 1. The normalized spacial score (nSPS) is 27.2. The van der Waals surface area contributed by atoms with E-state index in [1.54, 1.807) is 0 Å². The van der Waals surface area contributed by atoms with Gasteiger partial charge in [-0.2, -0.15) is 0 Å². The summed E-state index contributed by atoms with van der Waals surface area (Å²) in [5.74, 6) is 0.136. The Morgan fingerprint density at radius 3 is 2.59 bits per heavy atom. The molecule has 2 aliphatic rings. The number of aliphatic hydroxyl groups is 1. The molecule has 98 valence electrons. The molecule has 1 atom stereocenters. The molecule has 1 saturated carbocycles. The molecule has 0 radical (unpaired) electrons. The van der Waals surface area contributed by atoms with Crippen LogP contribution in [0.5, 0.6) is 0 Å². The molecule has 1 amide bonds. The third kappa shape index (κ3) is 3.68. The molecule has 1 heterocycles. The second-order valence-electron chi connectivity index (χ2n) is 5.35. The van der Waals surface area contributed by atoms with Crippen molar-refractivity contribution >= 4 is 5.91 Å². The number of carbonyl (C=O) groups is 1. The number of nitrogens with one attached hydrogen (secondary N) is 1. The lowest BCUT2D eigenvalue weighted by molar-refractivity contribution is -0.124. The van der Waals surface area contributed by atoms with Crippen LogP contribution >= 0.6 is 0 Å². The molecule has 0 spiro atoms. The fourth-order valence-corrected chi connectivity index (χ4v) is 3.00. The van der Waals surface area contributed by atoms with Crippen molar-refractivity contribution in [3.05, 3.63) is 0 Å². The largest absolute Gasteiger partial charge is 0.395 e. The summed E-state index contributed by atoms with van der Waals surface area (Å²) in [4.78, 5) is 14.0. The molecule has 2 N–H and O–H groups in total. The molecular weight excluding hydrogens is 216 g/mol. The standard InChI is InChI=1S/C13H24N2O2/c16-10-12-7-3-4-8-15(12)9-13(17)14-11-5-1-2-6-11/h11-12,16H,1-10H2,(H,14,17)/t12-/m1/s1. The minimum Gasteiger partial charge on any atom is -0.395 e. The van der Waals surface area contributed by atoms with E-state index in [0.29, 0.717) is 12.6 Å². The first-order valence-corrected chi connectivity index (χ1v) is 6.94. The number of carbonyl (C=O) groups excluding carboxylic acids is 1. The molecule has 2 fully saturated rings. The van der Waals surface area contributed by atoms with Gasteiger partial charge in [-0.15, -0.1) is 0 Å². The lowest BCUT2D eigenvalue weighted by Crippen LogP contribution is -2.48. The molecule has 0 aromatic carbocycles. The van der Waals surface area contributed by atoms with Crippen LogP contribution in [-0.4, -0.2) is 47.7 Å². The Kier molecular flexibility index (Phi) is 4.80. The molecule has 1 aliphatic heterocycles. The number of aliphatic hydroxyl groups excluding tert-OH is 1. The van der Waals surface area contributed by atoms with E-state index >= 15 is 0 Å². The van der Waals surface area contributed by atoms with Gasteiger partial charge in [0.05, 0.1) is 13.2 Å². The molecule has 4 nitrogen and oxygen atoms in total. The molecule has 1 saturated heterocycles. The second-order valence-corrected chi connectivity index (χ2v) is 5.35. The monoisotopic (exact) mass is 240 g/mol. The average Bonchev–Trinajstić information content (AvgIpc) is 2.82. The summed E-state index contributed by atoms with van der Waals surface area (Å²) >= 11 is 0. The molecule has 0 aromatic heterocycles. The van der Waals surface area contributed by atoms with Gasteiger partial charge >= 0.3 is 0 Å². The van der Waals surface area contributed by atoms with Gasteiger partial charge < -0.3 is 10.4 Å². The lowest BCUT2D eigenvalue weighted by Gasteiger charge is -2.34. The fraction of sp³-hybridized carbons (Fsp3) is 0.923. The Bertz CT molecular complexity index is 252. The highest BCUT2D eigenvalue weighted by Gasteiger charge is 2.24. The van der Waals surface area contributed by atoms with Gasteiger partial charge in [0, 0.05) is 12.1 Å². The van der Waals surface area contributed by atoms with Gasteiger partial charge in [-0.1, -0.05) is 19.3 Å². The maximum atomic E-state index is 11.9. The van der Waals surface area contributed by atoms with E-state index in [0.717, 1.165) is 32.2 Å². The highest BCUT2D eigenvalue weighted by Crippen LogP contribution is 2.18. The predicted molar refractivity (Wildman–Crippen MR) is 66.7 cm³/mol. The van der Waals surface area contributed by atoms with Crippen molar-refractivity contribution in [2.24, 2.45) is 0 Å². The Balaban J connectivity index is 1.75. The maximum Gasteiger partial charge on any atom is 0.234 e. The molecular formula is C13H24N2O2. The van der Waals surface area contributed by atoms with Crippen LogP contribution in [0.25, 0.3) is 0 Å². The third-order valence-corrected chi connectivity index (χ3v) is 4.03. The fourth-order valence-electron chi connectivity index (χ4n) is 3.00. The molecule has 0 unspecified atom stereocenters. The zero-order chi connectivity index (χ0) is 12.1. The second kappa shape index (κ2) is 6.36. The van der Waals surface area contributed by atoms with Gasteiger partial charge in [-0.3, -0.25) is 9.69 Å². The van der Waals surface area contributed by atoms with Gasteiger partial charge in [0.1, 0.15) is 0 Å². The van der Waals surface area contributed by atoms with E-state index in [2.05, 4.69) is 10.2 Å². The maximum absolute atomic E-state index is 11.9.